The Labute approximate surface area is 220 Å². The van der Waals surface area contributed by atoms with Gasteiger partial charge in [0.2, 0.25) is 0 Å². The van der Waals surface area contributed by atoms with Crippen LogP contribution in [-0.2, 0) is 6.54 Å². The van der Waals surface area contributed by atoms with Crippen LogP contribution in [0.3, 0.4) is 0 Å². The zero-order valence-electron chi connectivity index (χ0n) is 20.6. The quantitative estimate of drug-likeness (QED) is 0.280. The molecule has 5 aromatic heterocycles. The van der Waals surface area contributed by atoms with Crippen molar-refractivity contribution in [1.82, 2.24) is 35.0 Å². The molecule has 194 valence electrons. The number of fused-ring (bicyclic) bond motifs is 2. The van der Waals surface area contributed by atoms with Gasteiger partial charge in [0.25, 0.3) is 5.92 Å². The lowest BCUT2D eigenvalue weighted by molar-refractivity contribution is 0.0115. The number of pyridine rings is 3. The number of halogens is 3. The lowest BCUT2D eigenvalue weighted by Crippen LogP contribution is -2.24. The summed E-state index contributed by atoms with van der Waals surface area (Å²) in [4.78, 5) is 18.6. The molecule has 7 rings (SSSR count). The molecule has 0 unspecified atom stereocenters. The van der Waals surface area contributed by atoms with E-state index in [0.717, 1.165) is 55.6 Å². The fourth-order valence-electron chi connectivity index (χ4n) is 5.22. The van der Waals surface area contributed by atoms with Crippen molar-refractivity contribution in [2.24, 2.45) is 0 Å². The smallest absolute Gasteiger partial charge is 0.261 e. The van der Waals surface area contributed by atoms with E-state index in [-0.39, 0.29) is 18.8 Å². The zero-order chi connectivity index (χ0) is 26.6. The third-order valence-corrected chi connectivity index (χ3v) is 7.13. The summed E-state index contributed by atoms with van der Waals surface area (Å²) in [7, 11) is 0. The summed E-state index contributed by atoms with van der Waals surface area (Å²) in [5.41, 5.74) is 7.15. The number of nitrogens with zero attached hydrogens (tertiary/aromatic N) is 5. The summed E-state index contributed by atoms with van der Waals surface area (Å²) >= 11 is 0. The minimum absolute atomic E-state index is 0.112. The molecule has 1 aromatic carbocycles. The SMILES string of the molecule is Fc1ccc(-c2nccc3[nH]c(-c4[nH]nc5ncc(-c6cncc(CN7CCC(F)(F)C7)c6)cc45)cc23)cc1. The minimum atomic E-state index is -2.63. The predicted molar refractivity (Wildman–Crippen MR) is 142 cm³/mol. The highest BCUT2D eigenvalue weighted by molar-refractivity contribution is 5.99. The lowest BCUT2D eigenvalue weighted by atomic mass is 10.1. The van der Waals surface area contributed by atoms with Crippen LogP contribution in [0.5, 0.6) is 0 Å². The Morgan fingerprint density at radius 1 is 0.897 bits per heavy atom. The largest absolute Gasteiger partial charge is 0.353 e. The van der Waals surface area contributed by atoms with Crippen LogP contribution in [0.1, 0.15) is 12.0 Å². The molecule has 0 saturated carbocycles. The molecule has 7 nitrogen and oxygen atoms in total. The van der Waals surface area contributed by atoms with Crippen LogP contribution in [0.15, 0.2) is 73.3 Å². The molecular formula is C29H22F3N7. The predicted octanol–water partition coefficient (Wildman–Crippen LogP) is 6.21. The monoisotopic (exact) mass is 525 g/mol. The van der Waals surface area contributed by atoms with Gasteiger partial charge in [-0.15, -0.1) is 0 Å². The van der Waals surface area contributed by atoms with Crippen LogP contribution in [-0.4, -0.2) is 54.0 Å². The maximum absolute atomic E-state index is 13.6. The number of aromatic amines is 2. The van der Waals surface area contributed by atoms with E-state index < -0.39 is 5.92 Å². The van der Waals surface area contributed by atoms with Gasteiger partial charge < -0.3 is 4.98 Å². The maximum Gasteiger partial charge on any atom is 0.261 e. The van der Waals surface area contributed by atoms with E-state index in [0.29, 0.717) is 18.7 Å². The third-order valence-electron chi connectivity index (χ3n) is 7.13. The van der Waals surface area contributed by atoms with Gasteiger partial charge in [0.15, 0.2) is 5.65 Å². The van der Waals surface area contributed by atoms with Crippen LogP contribution >= 0.6 is 0 Å². The van der Waals surface area contributed by atoms with Crippen molar-refractivity contribution in [2.75, 3.05) is 13.1 Å². The molecule has 6 heterocycles. The first-order valence-corrected chi connectivity index (χ1v) is 12.5. The molecule has 0 spiro atoms. The molecule has 6 aromatic rings. The lowest BCUT2D eigenvalue weighted by Gasteiger charge is -2.15. The number of likely N-dealkylation sites (tertiary alicyclic amines) is 1. The van der Waals surface area contributed by atoms with Gasteiger partial charge in [-0.1, -0.05) is 0 Å². The van der Waals surface area contributed by atoms with Gasteiger partial charge in [-0.3, -0.25) is 20.0 Å². The third kappa shape index (κ3) is 4.42. The molecule has 39 heavy (non-hydrogen) atoms. The molecule has 2 N–H and O–H groups in total. The van der Waals surface area contributed by atoms with Crippen molar-refractivity contribution in [3.8, 4) is 33.8 Å². The molecule has 0 bridgehead atoms. The average Bonchev–Trinajstić information content (AvgIpc) is 3.64. The van der Waals surface area contributed by atoms with Crippen LogP contribution in [0, 0.1) is 5.82 Å². The summed E-state index contributed by atoms with van der Waals surface area (Å²) < 4.78 is 40.7. The van der Waals surface area contributed by atoms with E-state index in [9.17, 15) is 13.2 Å². The van der Waals surface area contributed by atoms with Gasteiger partial charge in [-0.2, -0.15) is 5.10 Å². The number of benzene rings is 1. The molecule has 1 aliphatic heterocycles. The molecule has 10 heteroatoms. The van der Waals surface area contributed by atoms with E-state index in [1.807, 2.05) is 24.3 Å². The number of hydrogen-bond acceptors (Lipinski definition) is 5. The van der Waals surface area contributed by atoms with Crippen LogP contribution < -0.4 is 0 Å². The number of H-pyrrole nitrogens is 2. The van der Waals surface area contributed by atoms with Gasteiger partial charge in [-0.25, -0.2) is 18.2 Å². The van der Waals surface area contributed by atoms with Gasteiger partial charge in [-0.05, 0) is 54.1 Å². The van der Waals surface area contributed by atoms with Crippen LogP contribution in [0.2, 0.25) is 0 Å². The van der Waals surface area contributed by atoms with Crippen LogP contribution in [0.25, 0.3) is 55.7 Å². The molecule has 1 fully saturated rings. The summed E-state index contributed by atoms with van der Waals surface area (Å²) in [6, 6.07) is 14.1. The number of alkyl halides is 2. The number of rotatable bonds is 5. The molecule has 0 atom stereocenters. The molecule has 0 radical (unpaired) electrons. The van der Waals surface area contributed by atoms with Crippen molar-refractivity contribution < 1.29 is 13.2 Å². The molecule has 0 aliphatic carbocycles. The molecule has 0 amide bonds. The van der Waals surface area contributed by atoms with Crippen molar-refractivity contribution in [1.29, 1.82) is 0 Å². The van der Waals surface area contributed by atoms with Gasteiger partial charge in [0.1, 0.15) is 5.82 Å². The molecular weight excluding hydrogens is 503 g/mol. The van der Waals surface area contributed by atoms with Crippen molar-refractivity contribution in [3.63, 3.8) is 0 Å². The standard InChI is InChI=1S/C29H22F3N7/c30-21-3-1-18(2-4-21)26-22-11-25(36-24(22)5-7-34-26)27-23-10-20(14-35-28(23)38-37-27)19-9-17(12-33-13-19)15-39-8-6-29(31,32)16-39/h1-5,7,9-14,36H,6,8,15-16H2,(H,35,37,38). The Morgan fingerprint density at radius 2 is 1.74 bits per heavy atom. The maximum atomic E-state index is 13.6. The first kappa shape index (κ1) is 23.5. The summed E-state index contributed by atoms with van der Waals surface area (Å²) in [5, 5.41) is 9.20. The summed E-state index contributed by atoms with van der Waals surface area (Å²) in [6.45, 7) is 0.556. The van der Waals surface area contributed by atoms with Gasteiger partial charge in [0, 0.05) is 77.3 Å². The van der Waals surface area contributed by atoms with Crippen molar-refractivity contribution in [3.05, 3.63) is 84.7 Å². The highest BCUT2D eigenvalue weighted by atomic mass is 19.3. The fraction of sp³-hybridized carbons (Fsp3) is 0.172. The Balaban J connectivity index is 1.24. The first-order valence-electron chi connectivity index (χ1n) is 12.5. The van der Waals surface area contributed by atoms with E-state index >= 15 is 0 Å². The van der Waals surface area contributed by atoms with Crippen LogP contribution in [0.4, 0.5) is 13.2 Å². The van der Waals surface area contributed by atoms with E-state index in [1.165, 1.54) is 12.1 Å². The Bertz CT molecular complexity index is 1820. The molecule has 1 aliphatic rings. The number of aromatic nitrogens is 6. The van der Waals surface area contributed by atoms with Crippen molar-refractivity contribution >= 4 is 21.9 Å². The number of nitrogens with one attached hydrogen (secondary N) is 2. The first-order chi connectivity index (χ1) is 18.9. The summed E-state index contributed by atoms with van der Waals surface area (Å²) in [6.07, 6.45) is 6.80. The minimum Gasteiger partial charge on any atom is -0.353 e. The normalized spacial score (nSPS) is 15.5. The Morgan fingerprint density at radius 3 is 2.56 bits per heavy atom. The van der Waals surface area contributed by atoms with E-state index in [1.54, 1.807) is 41.8 Å². The second-order valence-electron chi connectivity index (χ2n) is 9.90. The van der Waals surface area contributed by atoms with Gasteiger partial charge in [0.05, 0.1) is 23.6 Å². The van der Waals surface area contributed by atoms with E-state index in [2.05, 4.69) is 30.1 Å². The zero-order valence-corrected chi connectivity index (χ0v) is 20.6. The highest BCUT2D eigenvalue weighted by Crippen LogP contribution is 2.34. The number of hydrogen-bond donors (Lipinski definition) is 2. The fourth-order valence-corrected chi connectivity index (χ4v) is 5.22. The molecule has 1 saturated heterocycles. The second-order valence-corrected chi connectivity index (χ2v) is 9.90. The average molecular weight is 526 g/mol. The summed E-state index contributed by atoms with van der Waals surface area (Å²) in [5.74, 6) is -2.93. The second kappa shape index (κ2) is 9.02. The van der Waals surface area contributed by atoms with E-state index in [4.69, 9.17) is 0 Å². The topological polar surface area (TPSA) is 86.4 Å². The van der Waals surface area contributed by atoms with Crippen molar-refractivity contribution in [2.45, 2.75) is 18.9 Å². The Kier molecular flexibility index (Phi) is 5.44. The Hall–Kier alpha value is -4.57. The van der Waals surface area contributed by atoms with Gasteiger partial charge >= 0.3 is 0 Å². The highest BCUT2D eigenvalue weighted by Gasteiger charge is 2.37.